The molecule has 0 saturated carbocycles. The Morgan fingerprint density at radius 1 is 1.07 bits per heavy atom. The van der Waals surface area contributed by atoms with Gasteiger partial charge in [0.1, 0.15) is 11.2 Å². The van der Waals surface area contributed by atoms with Crippen molar-refractivity contribution < 1.29 is 13.2 Å². The zero-order valence-corrected chi connectivity index (χ0v) is 16.1. The van der Waals surface area contributed by atoms with E-state index in [0.29, 0.717) is 10.0 Å². The monoisotopic (exact) mass is 423 g/mol. The average Bonchev–Trinajstić information content (AvgIpc) is 3.11. The summed E-state index contributed by atoms with van der Waals surface area (Å²) in [5.74, 6) is -0.756. The lowest BCUT2D eigenvalue weighted by molar-refractivity contribution is -0.117. The topological polar surface area (TPSA) is 127 Å². The van der Waals surface area contributed by atoms with Gasteiger partial charge in [-0.15, -0.1) is 10.2 Å². The van der Waals surface area contributed by atoms with E-state index >= 15 is 0 Å². The fourth-order valence-electron chi connectivity index (χ4n) is 2.05. The minimum absolute atomic E-state index is 0.00851. The number of carbonyl (C=O) groups excluding carboxylic acids is 1. The molecule has 3 rings (SSSR count). The molecule has 0 spiro atoms. The summed E-state index contributed by atoms with van der Waals surface area (Å²) >= 11 is 6.97. The minimum atomic E-state index is -3.92. The number of nitrogens with one attached hydrogen (secondary N) is 2. The number of nitrogens with zero attached hydrogens (tertiary/aromatic N) is 2. The molecule has 0 aliphatic rings. The maximum Gasteiger partial charge on any atom is 0.258 e. The molecule has 0 aliphatic carbocycles. The molecule has 1 heterocycles. The lowest BCUT2D eigenvalue weighted by Crippen LogP contribution is -2.49. The quantitative estimate of drug-likeness (QED) is 0.521. The Morgan fingerprint density at radius 2 is 1.74 bits per heavy atom. The molecule has 0 bridgehead atoms. The summed E-state index contributed by atoms with van der Waals surface area (Å²) in [5.41, 5.74) is 6.45. The first-order chi connectivity index (χ1) is 12.8. The van der Waals surface area contributed by atoms with Gasteiger partial charge in [0.15, 0.2) is 0 Å². The Hall–Kier alpha value is -2.37. The first kappa shape index (κ1) is 19.4. The van der Waals surface area contributed by atoms with Crippen molar-refractivity contribution in [1.82, 2.24) is 14.9 Å². The van der Waals surface area contributed by atoms with E-state index in [1.54, 1.807) is 42.5 Å². The van der Waals surface area contributed by atoms with Crippen LogP contribution in [0.5, 0.6) is 0 Å². The van der Waals surface area contributed by atoms with Gasteiger partial charge in [-0.25, -0.2) is 8.42 Å². The lowest BCUT2D eigenvalue weighted by atomic mass is 10.2. The summed E-state index contributed by atoms with van der Waals surface area (Å²) in [4.78, 5) is 12.2. The Kier molecular flexibility index (Phi) is 5.82. The number of sulfonamides is 1. The standard InChI is InChI=1S/C16H14ClN5O3S2/c17-11-8-6-10(7-9-11)15-20-21-16(26-15)19-14(23)13(18)22-27(24,25)12-4-2-1-3-5-12/h1-9,13,22H,18H2,(H,19,21,23). The molecule has 4 N–H and O–H groups in total. The molecule has 8 nitrogen and oxygen atoms in total. The highest BCUT2D eigenvalue weighted by atomic mass is 35.5. The molecule has 0 fully saturated rings. The van der Waals surface area contributed by atoms with Crippen LogP contribution >= 0.6 is 22.9 Å². The normalized spacial score (nSPS) is 12.5. The van der Waals surface area contributed by atoms with E-state index in [2.05, 4.69) is 20.2 Å². The fourth-order valence-corrected chi connectivity index (χ4v) is 4.03. The van der Waals surface area contributed by atoms with Crippen LogP contribution in [0.4, 0.5) is 5.13 Å². The van der Waals surface area contributed by atoms with Crippen LogP contribution in [0.1, 0.15) is 0 Å². The number of hydrogen-bond acceptors (Lipinski definition) is 7. The fraction of sp³-hybridized carbons (Fsp3) is 0.0625. The van der Waals surface area contributed by atoms with Crippen LogP contribution in [-0.4, -0.2) is 30.7 Å². The predicted molar refractivity (Wildman–Crippen MR) is 104 cm³/mol. The molecule has 0 aliphatic heterocycles. The van der Waals surface area contributed by atoms with Crippen molar-refractivity contribution >= 4 is 44.0 Å². The van der Waals surface area contributed by atoms with E-state index in [9.17, 15) is 13.2 Å². The van der Waals surface area contributed by atoms with E-state index in [1.165, 1.54) is 12.1 Å². The molecule has 3 aromatic rings. The van der Waals surface area contributed by atoms with Crippen molar-refractivity contribution in [2.24, 2.45) is 5.73 Å². The van der Waals surface area contributed by atoms with Gasteiger partial charge in [0, 0.05) is 10.6 Å². The van der Waals surface area contributed by atoms with Crippen LogP contribution < -0.4 is 15.8 Å². The van der Waals surface area contributed by atoms with Gasteiger partial charge in [-0.2, -0.15) is 4.72 Å². The maximum atomic E-state index is 12.2. The molecule has 1 atom stereocenters. The number of rotatable bonds is 6. The predicted octanol–water partition coefficient (Wildman–Crippen LogP) is 2.06. The smallest absolute Gasteiger partial charge is 0.258 e. The Morgan fingerprint density at radius 3 is 2.41 bits per heavy atom. The first-order valence-electron chi connectivity index (χ1n) is 7.58. The molecule has 27 heavy (non-hydrogen) atoms. The lowest BCUT2D eigenvalue weighted by Gasteiger charge is -2.13. The van der Waals surface area contributed by atoms with Crippen molar-refractivity contribution in [3.8, 4) is 10.6 Å². The van der Waals surface area contributed by atoms with Gasteiger partial charge in [-0.1, -0.05) is 53.3 Å². The minimum Gasteiger partial charge on any atom is -0.307 e. The maximum absolute atomic E-state index is 12.2. The number of amides is 1. The molecular formula is C16H14ClN5O3S2. The van der Waals surface area contributed by atoms with Gasteiger partial charge in [0.05, 0.1) is 4.90 Å². The SMILES string of the molecule is NC(NS(=O)(=O)c1ccccc1)C(=O)Nc1nnc(-c2ccc(Cl)cc2)s1. The molecule has 140 valence electrons. The van der Waals surface area contributed by atoms with Crippen molar-refractivity contribution in [3.63, 3.8) is 0 Å². The van der Waals surface area contributed by atoms with E-state index < -0.39 is 22.1 Å². The largest absolute Gasteiger partial charge is 0.307 e. The number of carbonyl (C=O) groups is 1. The number of aromatic nitrogens is 2. The summed E-state index contributed by atoms with van der Waals surface area (Å²) in [6.07, 6.45) is -1.49. The molecule has 1 aromatic heterocycles. The number of nitrogens with two attached hydrogens (primary N) is 1. The van der Waals surface area contributed by atoms with Gasteiger partial charge in [-0.3, -0.25) is 10.1 Å². The third-order valence-electron chi connectivity index (χ3n) is 3.36. The van der Waals surface area contributed by atoms with Crippen LogP contribution in [0.3, 0.4) is 0 Å². The van der Waals surface area contributed by atoms with Crippen LogP contribution in [0.25, 0.3) is 10.6 Å². The summed E-state index contributed by atoms with van der Waals surface area (Å²) in [6.45, 7) is 0. The van der Waals surface area contributed by atoms with Gasteiger partial charge in [0.2, 0.25) is 15.2 Å². The van der Waals surface area contributed by atoms with Crippen molar-refractivity contribution in [3.05, 3.63) is 59.6 Å². The molecule has 1 unspecified atom stereocenters. The number of benzene rings is 2. The third kappa shape index (κ3) is 4.87. The summed E-state index contributed by atoms with van der Waals surface area (Å²) in [6, 6.07) is 14.6. The van der Waals surface area contributed by atoms with E-state index in [1.807, 2.05) is 0 Å². The Bertz CT molecular complexity index is 1040. The van der Waals surface area contributed by atoms with Crippen molar-refractivity contribution in [1.29, 1.82) is 0 Å². The first-order valence-corrected chi connectivity index (χ1v) is 10.3. The van der Waals surface area contributed by atoms with Gasteiger partial charge < -0.3 is 5.73 Å². The summed E-state index contributed by atoms with van der Waals surface area (Å²) in [7, 11) is -3.92. The van der Waals surface area contributed by atoms with Crippen LogP contribution in [0.2, 0.25) is 5.02 Å². The second-order valence-electron chi connectivity index (χ2n) is 5.32. The highest BCUT2D eigenvalue weighted by molar-refractivity contribution is 7.89. The molecule has 0 saturated heterocycles. The van der Waals surface area contributed by atoms with Crippen molar-refractivity contribution in [2.45, 2.75) is 11.1 Å². The summed E-state index contributed by atoms with van der Waals surface area (Å²) < 4.78 is 26.5. The number of halogens is 1. The van der Waals surface area contributed by atoms with Crippen LogP contribution in [0, 0.1) is 0 Å². The Labute approximate surface area is 164 Å². The zero-order valence-electron chi connectivity index (χ0n) is 13.7. The van der Waals surface area contributed by atoms with E-state index in [0.717, 1.165) is 16.9 Å². The van der Waals surface area contributed by atoms with Gasteiger partial charge in [-0.05, 0) is 24.3 Å². The van der Waals surface area contributed by atoms with Gasteiger partial charge in [0.25, 0.3) is 5.91 Å². The van der Waals surface area contributed by atoms with Crippen LogP contribution in [-0.2, 0) is 14.8 Å². The second-order valence-corrected chi connectivity index (χ2v) is 8.45. The van der Waals surface area contributed by atoms with Gasteiger partial charge >= 0.3 is 0 Å². The molecule has 1 amide bonds. The average molecular weight is 424 g/mol. The van der Waals surface area contributed by atoms with E-state index in [-0.39, 0.29) is 10.0 Å². The van der Waals surface area contributed by atoms with E-state index in [4.69, 9.17) is 17.3 Å². The Balaban J connectivity index is 1.66. The zero-order chi connectivity index (χ0) is 19.4. The molecule has 0 radical (unpaired) electrons. The third-order valence-corrected chi connectivity index (χ3v) is 5.96. The molecular weight excluding hydrogens is 410 g/mol. The second kappa shape index (κ2) is 8.11. The molecule has 2 aromatic carbocycles. The van der Waals surface area contributed by atoms with Crippen molar-refractivity contribution in [2.75, 3.05) is 5.32 Å². The highest BCUT2D eigenvalue weighted by Crippen LogP contribution is 2.27. The molecule has 11 heteroatoms. The highest BCUT2D eigenvalue weighted by Gasteiger charge is 2.23. The summed E-state index contributed by atoms with van der Waals surface area (Å²) in [5, 5.41) is 11.6. The van der Waals surface area contributed by atoms with Crippen LogP contribution in [0.15, 0.2) is 59.5 Å². The number of anilines is 1. The number of hydrogen-bond donors (Lipinski definition) is 3.